The van der Waals surface area contributed by atoms with Crippen molar-refractivity contribution in [2.75, 3.05) is 12.0 Å². The number of alkyl halides is 3. The van der Waals surface area contributed by atoms with Gasteiger partial charge in [-0.2, -0.15) is 0 Å². The molecule has 0 aliphatic heterocycles. The second kappa shape index (κ2) is 7.45. The lowest BCUT2D eigenvalue weighted by Gasteiger charge is -2.19. The Balaban J connectivity index is 2.08. The van der Waals surface area contributed by atoms with Crippen LogP contribution in [0.25, 0.3) is 0 Å². The third kappa shape index (κ3) is 3.88. The smallest absolute Gasteiger partial charge is 0.247 e. The molecular weight excluding hydrogens is 295 g/mol. The molecule has 120 valence electrons. The SMILES string of the molecule is C=CC(=O)Nc1ccc2c(c1)C(OC(F)C(F)CCF)CC2. The average molecular weight is 313 g/mol. The Morgan fingerprint density at radius 2 is 2.27 bits per heavy atom. The third-order valence-electron chi connectivity index (χ3n) is 3.59. The second-order valence-electron chi connectivity index (χ2n) is 5.12. The molecule has 22 heavy (non-hydrogen) atoms. The van der Waals surface area contributed by atoms with E-state index in [2.05, 4.69) is 11.9 Å². The number of carbonyl (C=O) groups is 1. The summed E-state index contributed by atoms with van der Waals surface area (Å²) in [6, 6.07) is 5.24. The first kappa shape index (κ1) is 16.5. The molecule has 2 rings (SSSR count). The van der Waals surface area contributed by atoms with Crippen molar-refractivity contribution < 1.29 is 22.7 Å². The van der Waals surface area contributed by atoms with Crippen molar-refractivity contribution in [3.8, 4) is 0 Å². The quantitative estimate of drug-likeness (QED) is 0.777. The van der Waals surface area contributed by atoms with Gasteiger partial charge >= 0.3 is 0 Å². The van der Waals surface area contributed by atoms with Crippen LogP contribution in [-0.2, 0) is 16.0 Å². The van der Waals surface area contributed by atoms with Crippen LogP contribution < -0.4 is 5.32 Å². The maximum absolute atomic E-state index is 13.6. The lowest BCUT2D eigenvalue weighted by molar-refractivity contribution is -0.127. The highest BCUT2D eigenvalue weighted by Gasteiger charge is 2.30. The number of hydrogen-bond acceptors (Lipinski definition) is 2. The molecule has 6 heteroatoms. The molecule has 1 N–H and O–H groups in total. The van der Waals surface area contributed by atoms with Crippen molar-refractivity contribution in [3.63, 3.8) is 0 Å². The van der Waals surface area contributed by atoms with Crippen LogP contribution in [0.4, 0.5) is 18.9 Å². The van der Waals surface area contributed by atoms with Crippen LogP contribution in [0.3, 0.4) is 0 Å². The summed E-state index contributed by atoms with van der Waals surface area (Å²) in [7, 11) is 0. The summed E-state index contributed by atoms with van der Waals surface area (Å²) in [5.74, 6) is -0.356. The molecule has 1 aliphatic rings. The van der Waals surface area contributed by atoms with Gasteiger partial charge in [-0.25, -0.2) is 8.78 Å². The fourth-order valence-corrected chi connectivity index (χ4v) is 2.45. The zero-order valence-electron chi connectivity index (χ0n) is 12.0. The summed E-state index contributed by atoms with van der Waals surface area (Å²) < 4.78 is 44.1. The first-order chi connectivity index (χ1) is 10.5. The van der Waals surface area contributed by atoms with E-state index in [0.29, 0.717) is 18.5 Å². The molecule has 0 spiro atoms. The Morgan fingerprint density at radius 1 is 1.50 bits per heavy atom. The standard InChI is InChI=1S/C16H18F3NO2/c1-2-15(21)20-11-5-3-10-4-6-14(12(10)9-11)22-16(19)13(18)7-8-17/h2-3,5,9,13-14,16H,1,4,6-8H2,(H,20,21). The number of amides is 1. The van der Waals surface area contributed by atoms with E-state index in [-0.39, 0.29) is 5.91 Å². The number of aryl methyl sites for hydroxylation is 1. The van der Waals surface area contributed by atoms with Gasteiger partial charge in [0.25, 0.3) is 0 Å². The molecule has 0 saturated heterocycles. The number of ether oxygens (including phenoxy) is 1. The van der Waals surface area contributed by atoms with Gasteiger partial charge in [0, 0.05) is 12.1 Å². The Labute approximate surface area is 127 Å². The number of carbonyl (C=O) groups excluding carboxylic acids is 1. The Bertz CT molecular complexity index is 550. The summed E-state index contributed by atoms with van der Waals surface area (Å²) >= 11 is 0. The van der Waals surface area contributed by atoms with Crippen molar-refractivity contribution in [1.82, 2.24) is 0 Å². The molecule has 0 heterocycles. The molecule has 1 aromatic rings. The highest BCUT2D eigenvalue weighted by molar-refractivity contribution is 5.98. The fourth-order valence-electron chi connectivity index (χ4n) is 2.45. The van der Waals surface area contributed by atoms with Gasteiger partial charge in [-0.1, -0.05) is 12.6 Å². The molecule has 0 saturated carbocycles. The second-order valence-corrected chi connectivity index (χ2v) is 5.12. The number of nitrogens with one attached hydrogen (secondary N) is 1. The van der Waals surface area contributed by atoms with Crippen LogP contribution >= 0.6 is 0 Å². The van der Waals surface area contributed by atoms with E-state index in [1.165, 1.54) is 0 Å². The molecule has 1 amide bonds. The molecule has 0 aromatic heterocycles. The molecule has 0 bridgehead atoms. The van der Waals surface area contributed by atoms with Gasteiger partial charge in [-0.15, -0.1) is 0 Å². The molecule has 3 atom stereocenters. The van der Waals surface area contributed by atoms with Crippen LogP contribution in [-0.4, -0.2) is 25.1 Å². The minimum atomic E-state index is -2.15. The van der Waals surface area contributed by atoms with Crippen molar-refractivity contribution in [1.29, 1.82) is 0 Å². The van der Waals surface area contributed by atoms with Gasteiger partial charge < -0.3 is 10.1 Å². The summed E-state index contributed by atoms with van der Waals surface area (Å²) in [5, 5.41) is 2.61. The van der Waals surface area contributed by atoms with Crippen molar-refractivity contribution >= 4 is 11.6 Å². The van der Waals surface area contributed by atoms with Crippen molar-refractivity contribution in [2.45, 2.75) is 37.9 Å². The third-order valence-corrected chi connectivity index (χ3v) is 3.59. The number of halogens is 3. The summed E-state index contributed by atoms with van der Waals surface area (Å²) in [4.78, 5) is 11.3. The lowest BCUT2D eigenvalue weighted by atomic mass is 10.1. The number of benzene rings is 1. The van der Waals surface area contributed by atoms with Crippen LogP contribution in [0.1, 0.15) is 30.1 Å². The maximum Gasteiger partial charge on any atom is 0.247 e. The summed E-state index contributed by atoms with van der Waals surface area (Å²) in [5.41, 5.74) is 2.22. The zero-order chi connectivity index (χ0) is 16.1. The van der Waals surface area contributed by atoms with E-state index in [0.717, 1.165) is 17.2 Å². The van der Waals surface area contributed by atoms with E-state index in [9.17, 15) is 18.0 Å². The number of anilines is 1. The van der Waals surface area contributed by atoms with Gasteiger partial charge in [-0.05, 0) is 42.2 Å². The van der Waals surface area contributed by atoms with Gasteiger partial charge in [0.2, 0.25) is 12.3 Å². The fraction of sp³-hybridized carbons (Fsp3) is 0.438. The number of hydrogen-bond donors (Lipinski definition) is 1. The molecule has 3 nitrogen and oxygen atoms in total. The Kier molecular flexibility index (Phi) is 5.60. The molecule has 3 unspecified atom stereocenters. The first-order valence-electron chi connectivity index (χ1n) is 7.11. The van der Waals surface area contributed by atoms with Crippen LogP contribution in [0, 0.1) is 0 Å². The minimum absolute atomic E-state index is 0.356. The molecule has 0 fully saturated rings. The predicted octanol–water partition coefficient (Wildman–Crippen LogP) is 3.81. The minimum Gasteiger partial charge on any atom is -0.338 e. The lowest BCUT2D eigenvalue weighted by Crippen LogP contribution is -2.23. The summed E-state index contributed by atoms with van der Waals surface area (Å²) in [6.07, 6.45) is -2.89. The molecule has 1 aliphatic carbocycles. The number of fused-ring (bicyclic) bond motifs is 1. The van der Waals surface area contributed by atoms with Crippen molar-refractivity contribution in [3.05, 3.63) is 42.0 Å². The average Bonchev–Trinajstić information content (AvgIpc) is 2.90. The number of rotatable bonds is 7. The van der Waals surface area contributed by atoms with Crippen LogP contribution in [0.2, 0.25) is 0 Å². The summed E-state index contributed by atoms with van der Waals surface area (Å²) in [6.45, 7) is 2.44. The highest BCUT2D eigenvalue weighted by atomic mass is 19.2. The van der Waals surface area contributed by atoms with E-state index in [1.807, 2.05) is 6.07 Å². The van der Waals surface area contributed by atoms with Crippen LogP contribution in [0.5, 0.6) is 0 Å². The van der Waals surface area contributed by atoms with Gasteiger partial charge in [-0.3, -0.25) is 9.18 Å². The largest absolute Gasteiger partial charge is 0.338 e. The van der Waals surface area contributed by atoms with Gasteiger partial charge in [0.05, 0.1) is 12.8 Å². The van der Waals surface area contributed by atoms with E-state index >= 15 is 0 Å². The highest BCUT2D eigenvalue weighted by Crippen LogP contribution is 2.37. The first-order valence-corrected chi connectivity index (χ1v) is 7.11. The van der Waals surface area contributed by atoms with E-state index in [1.54, 1.807) is 12.1 Å². The zero-order valence-corrected chi connectivity index (χ0v) is 12.0. The molecular formula is C16H18F3NO2. The normalized spacial score (nSPS) is 19.3. The van der Waals surface area contributed by atoms with Gasteiger partial charge in [0.1, 0.15) is 0 Å². The van der Waals surface area contributed by atoms with Gasteiger partial charge in [0.15, 0.2) is 6.17 Å². The predicted molar refractivity (Wildman–Crippen MR) is 77.8 cm³/mol. The molecule has 0 radical (unpaired) electrons. The topological polar surface area (TPSA) is 38.3 Å². The van der Waals surface area contributed by atoms with Crippen LogP contribution in [0.15, 0.2) is 30.9 Å². The maximum atomic E-state index is 13.6. The van der Waals surface area contributed by atoms with E-state index < -0.39 is 31.7 Å². The van der Waals surface area contributed by atoms with E-state index in [4.69, 9.17) is 4.74 Å². The Morgan fingerprint density at radius 3 is 2.95 bits per heavy atom. The van der Waals surface area contributed by atoms with Crippen molar-refractivity contribution in [2.24, 2.45) is 0 Å². The molecule has 1 aromatic carbocycles. The Hall–Kier alpha value is -1.82. The monoisotopic (exact) mass is 313 g/mol.